The lowest BCUT2D eigenvalue weighted by Gasteiger charge is -2.37. The van der Waals surface area contributed by atoms with Crippen LogP contribution in [0.2, 0.25) is 0 Å². The van der Waals surface area contributed by atoms with Crippen LogP contribution in [0.4, 0.5) is 20.7 Å². The predicted molar refractivity (Wildman–Crippen MR) is 151 cm³/mol. The molecule has 4 heterocycles. The van der Waals surface area contributed by atoms with Gasteiger partial charge in [0.2, 0.25) is 31.9 Å². The van der Waals surface area contributed by atoms with Crippen molar-refractivity contribution in [3.8, 4) is 0 Å². The van der Waals surface area contributed by atoms with Gasteiger partial charge in [-0.25, -0.2) is 55.8 Å². The number of aromatic nitrogens is 4. The third-order valence-corrected chi connectivity index (χ3v) is 8.93. The summed E-state index contributed by atoms with van der Waals surface area (Å²) in [5.41, 5.74) is 0. The van der Waals surface area contributed by atoms with Crippen molar-refractivity contribution >= 4 is 31.9 Å². The van der Waals surface area contributed by atoms with E-state index < -0.39 is 42.2 Å². The van der Waals surface area contributed by atoms with Crippen LogP contribution < -0.4 is 20.1 Å². The summed E-state index contributed by atoms with van der Waals surface area (Å²) in [7, 11) is -7.39. The van der Waals surface area contributed by atoms with Gasteiger partial charge in [0.15, 0.2) is 11.6 Å². The lowest BCUT2D eigenvalue weighted by atomic mass is 10.1. The predicted octanol–water partition coefficient (Wildman–Crippen LogP) is 0.553. The maximum Gasteiger partial charge on any atom is 0.225 e. The zero-order valence-electron chi connectivity index (χ0n) is 23.9. The Labute approximate surface area is 244 Å². The van der Waals surface area contributed by atoms with Gasteiger partial charge < -0.3 is 19.3 Å². The van der Waals surface area contributed by atoms with Gasteiger partial charge in [0.1, 0.15) is 0 Å². The molecule has 2 fully saturated rings. The van der Waals surface area contributed by atoms with Crippen molar-refractivity contribution in [1.82, 2.24) is 19.9 Å². The largest absolute Gasteiger partial charge is 0.374 e. The highest BCUT2D eigenvalue weighted by molar-refractivity contribution is 7.90. The van der Waals surface area contributed by atoms with Gasteiger partial charge in [-0.05, 0) is 40.5 Å². The quantitative estimate of drug-likeness (QED) is 0.409. The summed E-state index contributed by atoms with van der Waals surface area (Å²) in [6.07, 6.45) is 4.16. The molecule has 4 rings (SSSR count). The first kappa shape index (κ1) is 33.9. The Morgan fingerprint density at radius 3 is 1.26 bits per heavy atom. The van der Waals surface area contributed by atoms with E-state index in [-0.39, 0.29) is 49.4 Å². The lowest BCUT2D eigenvalue weighted by molar-refractivity contribution is 0.00121. The van der Waals surface area contributed by atoms with Gasteiger partial charge in [0, 0.05) is 26.2 Å². The Balaban J connectivity index is 0.000000230. The Bertz CT molecular complexity index is 1260. The van der Waals surface area contributed by atoms with Crippen LogP contribution in [-0.2, 0) is 29.5 Å². The van der Waals surface area contributed by atoms with Crippen LogP contribution in [0.15, 0.2) is 24.8 Å². The smallest absolute Gasteiger partial charge is 0.225 e. The fourth-order valence-electron chi connectivity index (χ4n) is 4.72. The topological polar surface area (TPSA) is 197 Å². The van der Waals surface area contributed by atoms with Gasteiger partial charge in [0.25, 0.3) is 0 Å². The molecule has 42 heavy (non-hydrogen) atoms. The minimum atomic E-state index is -3.69. The van der Waals surface area contributed by atoms with Crippen LogP contribution in [0, 0.1) is 11.6 Å². The molecule has 2 saturated heterocycles. The molecule has 0 spiro atoms. The van der Waals surface area contributed by atoms with E-state index in [1.807, 2.05) is 27.7 Å². The van der Waals surface area contributed by atoms with E-state index in [2.05, 4.69) is 19.9 Å². The summed E-state index contributed by atoms with van der Waals surface area (Å²) in [6, 6.07) is 0. The summed E-state index contributed by atoms with van der Waals surface area (Å²) < 4.78 is 83.7. The second kappa shape index (κ2) is 14.2. The number of piperidine rings is 2. The van der Waals surface area contributed by atoms with Crippen LogP contribution in [-0.4, -0.2) is 97.9 Å². The Kier molecular flexibility index (Phi) is 11.5. The van der Waals surface area contributed by atoms with E-state index in [1.165, 1.54) is 0 Å². The highest BCUT2D eigenvalue weighted by Crippen LogP contribution is 2.24. The number of sulfonamides is 2. The fraction of sp³-hybridized carbons (Fsp3) is 0.667. The second-order valence-electron chi connectivity index (χ2n) is 10.7. The molecule has 0 amide bonds. The lowest BCUT2D eigenvalue weighted by Crippen LogP contribution is -2.52. The number of anilines is 2. The number of hydrogen-bond donors (Lipinski definition) is 2. The van der Waals surface area contributed by atoms with E-state index in [0.29, 0.717) is 25.9 Å². The summed E-state index contributed by atoms with van der Waals surface area (Å²) >= 11 is 0. The zero-order chi connectivity index (χ0) is 31.2. The van der Waals surface area contributed by atoms with Crippen LogP contribution in [0.5, 0.6) is 0 Å². The molecule has 0 aliphatic carbocycles. The van der Waals surface area contributed by atoms with Gasteiger partial charge in [0.05, 0.1) is 59.7 Å². The van der Waals surface area contributed by atoms with Crippen LogP contribution in [0.25, 0.3) is 0 Å². The van der Waals surface area contributed by atoms with Crippen LogP contribution in [0.1, 0.15) is 40.5 Å². The molecule has 2 aliphatic heterocycles. The molecule has 2 aromatic rings. The number of halogens is 2. The Morgan fingerprint density at radius 2 is 1.00 bits per heavy atom. The maximum absolute atomic E-state index is 12.9. The molecule has 18 heteroatoms. The molecule has 4 N–H and O–H groups in total. The van der Waals surface area contributed by atoms with E-state index in [0.717, 1.165) is 24.8 Å². The number of hydrogen-bond acceptors (Lipinski definition) is 12. The molecule has 0 bridgehead atoms. The fourth-order valence-corrected chi connectivity index (χ4v) is 6.47. The minimum absolute atomic E-state index is 0.0368. The van der Waals surface area contributed by atoms with Gasteiger partial charge in [-0.3, -0.25) is 0 Å². The third-order valence-electron chi connectivity index (χ3n) is 6.39. The highest BCUT2D eigenvalue weighted by atomic mass is 32.2. The van der Waals surface area contributed by atoms with Crippen molar-refractivity contribution in [2.45, 2.75) is 75.5 Å². The molecular formula is C24H38F2N8O6S2. The van der Waals surface area contributed by atoms with E-state index in [4.69, 9.17) is 19.8 Å². The summed E-state index contributed by atoms with van der Waals surface area (Å²) in [4.78, 5) is 18.8. The third kappa shape index (κ3) is 10.3. The Morgan fingerprint density at radius 1 is 0.690 bits per heavy atom. The SMILES string of the molecule is CC(C)O[C@@H]1C[C@@H](S(N)(=O)=O)CN(c2ncc(F)cn2)C1.CC(C)O[C@H]1C[C@H](S(N)(=O)=O)CN(c2ncc(F)cn2)C1. The molecule has 236 valence electrons. The number of primary sulfonamides is 2. The summed E-state index contributed by atoms with van der Waals surface area (Å²) in [5.74, 6) is -0.563. The number of nitrogens with zero attached hydrogens (tertiary/aromatic N) is 6. The molecule has 0 aromatic carbocycles. The molecule has 14 nitrogen and oxygen atoms in total. The van der Waals surface area contributed by atoms with Gasteiger partial charge in [-0.15, -0.1) is 0 Å². The summed E-state index contributed by atoms with van der Waals surface area (Å²) in [5, 5.41) is 8.99. The minimum Gasteiger partial charge on any atom is -0.374 e. The monoisotopic (exact) mass is 636 g/mol. The molecule has 2 aromatic heterocycles. The number of rotatable bonds is 8. The highest BCUT2D eigenvalue weighted by Gasteiger charge is 2.36. The second-order valence-corrected chi connectivity index (χ2v) is 14.4. The first-order valence-corrected chi connectivity index (χ1v) is 16.5. The molecule has 0 unspecified atom stereocenters. The van der Waals surface area contributed by atoms with Crippen LogP contribution in [0.3, 0.4) is 0 Å². The van der Waals surface area contributed by atoms with Gasteiger partial charge in [-0.2, -0.15) is 0 Å². The maximum atomic E-state index is 12.9. The first-order chi connectivity index (χ1) is 19.5. The number of nitrogens with two attached hydrogens (primary N) is 2. The molecular weight excluding hydrogens is 598 g/mol. The average Bonchev–Trinajstić information content (AvgIpc) is 2.88. The Hall–Kier alpha value is -2.64. The van der Waals surface area contributed by atoms with Crippen molar-refractivity contribution < 1.29 is 35.1 Å². The van der Waals surface area contributed by atoms with Crippen molar-refractivity contribution in [3.05, 3.63) is 36.4 Å². The van der Waals surface area contributed by atoms with Crippen molar-refractivity contribution in [2.75, 3.05) is 36.0 Å². The molecule has 0 saturated carbocycles. The summed E-state index contributed by atoms with van der Waals surface area (Å²) in [6.45, 7) is 8.72. The van der Waals surface area contributed by atoms with E-state index in [1.54, 1.807) is 9.80 Å². The molecule has 0 radical (unpaired) electrons. The first-order valence-electron chi connectivity index (χ1n) is 13.3. The normalized spacial score (nSPS) is 23.6. The van der Waals surface area contributed by atoms with E-state index in [9.17, 15) is 25.6 Å². The molecule has 2 aliphatic rings. The van der Waals surface area contributed by atoms with Gasteiger partial charge >= 0.3 is 0 Å². The average molecular weight is 637 g/mol. The van der Waals surface area contributed by atoms with Crippen molar-refractivity contribution in [1.29, 1.82) is 0 Å². The van der Waals surface area contributed by atoms with Gasteiger partial charge in [-0.1, -0.05) is 0 Å². The van der Waals surface area contributed by atoms with Crippen molar-refractivity contribution in [3.63, 3.8) is 0 Å². The van der Waals surface area contributed by atoms with E-state index >= 15 is 0 Å². The molecule has 4 atom stereocenters. The van der Waals surface area contributed by atoms with Crippen molar-refractivity contribution in [2.24, 2.45) is 10.3 Å². The zero-order valence-corrected chi connectivity index (χ0v) is 25.5. The standard InChI is InChI=1S/2C12H19FN4O3S/c2*1-8(2)20-10-3-11(21(14,18)19)7-17(6-10)12-15-4-9(13)5-16-12/h2*4-5,8,10-11H,3,6-7H2,1-2H3,(H2,14,18,19)/t2*10-,11-/m10/s1. The number of ether oxygens (including phenoxy) is 2. The van der Waals surface area contributed by atoms with Crippen LogP contribution >= 0.6 is 0 Å².